The quantitative estimate of drug-likeness (QED) is 0.592. The first kappa shape index (κ1) is 16.0. The lowest BCUT2D eigenvalue weighted by molar-refractivity contribution is -0.136. The van der Waals surface area contributed by atoms with Crippen LogP contribution < -0.4 is 0 Å². The molecule has 0 N–H and O–H groups in total. The summed E-state index contributed by atoms with van der Waals surface area (Å²) in [5.74, 6) is 0.688. The molecule has 1 saturated carbocycles. The second kappa shape index (κ2) is 5.44. The van der Waals surface area contributed by atoms with Gasteiger partial charge in [-0.25, -0.2) is 4.79 Å². The van der Waals surface area contributed by atoms with Crippen LogP contribution in [0, 0.1) is 5.41 Å². The van der Waals surface area contributed by atoms with E-state index in [-0.39, 0.29) is 11.8 Å². The first-order valence-electron chi connectivity index (χ1n) is 7.39. The Balaban J connectivity index is 2.44. The first-order valence-corrected chi connectivity index (χ1v) is 10.8. The molecule has 2 aliphatic rings. The molecule has 0 aromatic carbocycles. The van der Waals surface area contributed by atoms with Gasteiger partial charge in [0.05, 0.1) is 18.3 Å². The molecule has 1 fully saturated rings. The van der Waals surface area contributed by atoms with Crippen molar-refractivity contribution in [1.82, 2.24) is 0 Å². The van der Waals surface area contributed by atoms with Gasteiger partial charge in [0, 0.05) is 18.4 Å². The van der Waals surface area contributed by atoms with Gasteiger partial charge in [-0.3, -0.25) is 4.79 Å². The Morgan fingerprint density at radius 3 is 2.52 bits per heavy atom. The number of ether oxygens (including phenoxy) is 1. The van der Waals surface area contributed by atoms with Crippen LogP contribution >= 0.6 is 0 Å². The van der Waals surface area contributed by atoms with Crippen molar-refractivity contribution in [1.29, 1.82) is 0 Å². The molecule has 1 atom stereocenters. The van der Waals surface area contributed by atoms with Gasteiger partial charge >= 0.3 is 5.97 Å². The van der Waals surface area contributed by atoms with Crippen LogP contribution in [0.3, 0.4) is 0 Å². The molecule has 0 aromatic rings. The molecule has 0 saturated heterocycles. The average molecular weight is 308 g/mol. The minimum Gasteiger partial charge on any atom is -0.547 e. The van der Waals surface area contributed by atoms with E-state index in [0.29, 0.717) is 31.3 Å². The normalized spacial score (nSPS) is 26.1. The number of ketones is 1. The third-order valence-corrected chi connectivity index (χ3v) is 5.08. The van der Waals surface area contributed by atoms with Gasteiger partial charge in [0.25, 0.3) is 0 Å². The van der Waals surface area contributed by atoms with Gasteiger partial charge in [-0.05, 0) is 51.1 Å². The molecular weight excluding hydrogens is 284 g/mol. The van der Waals surface area contributed by atoms with Crippen molar-refractivity contribution >= 4 is 20.1 Å². The van der Waals surface area contributed by atoms with Gasteiger partial charge in [-0.15, -0.1) is 0 Å². The van der Waals surface area contributed by atoms with Gasteiger partial charge in [-0.2, -0.15) is 0 Å². The van der Waals surface area contributed by atoms with Crippen LogP contribution in [-0.2, 0) is 18.8 Å². The lowest BCUT2D eigenvalue weighted by Gasteiger charge is -2.23. The van der Waals surface area contributed by atoms with E-state index in [9.17, 15) is 9.59 Å². The second-order valence-electron chi connectivity index (χ2n) is 6.97. The monoisotopic (exact) mass is 308 g/mol. The van der Waals surface area contributed by atoms with E-state index in [1.807, 2.05) is 13.0 Å². The summed E-state index contributed by atoms with van der Waals surface area (Å²) in [6.07, 6.45) is 4.23. The highest BCUT2D eigenvalue weighted by Gasteiger charge is 2.45. The Morgan fingerprint density at radius 1 is 1.29 bits per heavy atom. The third-order valence-electron chi connectivity index (χ3n) is 4.21. The van der Waals surface area contributed by atoms with E-state index in [1.54, 1.807) is 0 Å². The predicted octanol–water partition coefficient (Wildman–Crippen LogP) is 3.35. The molecule has 21 heavy (non-hydrogen) atoms. The summed E-state index contributed by atoms with van der Waals surface area (Å²) in [6.45, 7) is 8.26. The van der Waals surface area contributed by atoms with Crippen LogP contribution in [0.15, 0.2) is 23.0 Å². The molecule has 5 heteroatoms. The van der Waals surface area contributed by atoms with Crippen LogP contribution in [0.4, 0.5) is 0 Å². The summed E-state index contributed by atoms with van der Waals surface area (Å²) < 4.78 is 11.0. The van der Waals surface area contributed by atoms with E-state index in [0.717, 1.165) is 11.3 Å². The van der Waals surface area contributed by atoms with Crippen LogP contribution in [0.5, 0.6) is 0 Å². The highest BCUT2D eigenvalue weighted by Crippen LogP contribution is 2.47. The molecule has 0 aliphatic heterocycles. The summed E-state index contributed by atoms with van der Waals surface area (Å²) in [5, 5.41) is 0. The van der Waals surface area contributed by atoms with Gasteiger partial charge in [0.2, 0.25) is 8.32 Å². The topological polar surface area (TPSA) is 52.6 Å². The highest BCUT2D eigenvalue weighted by molar-refractivity contribution is 6.70. The zero-order chi connectivity index (χ0) is 15.8. The molecule has 2 aliphatic carbocycles. The molecule has 0 aromatic heterocycles. The number of hydrogen-bond acceptors (Lipinski definition) is 4. The van der Waals surface area contributed by atoms with Crippen LogP contribution in [0.2, 0.25) is 19.6 Å². The van der Waals surface area contributed by atoms with Gasteiger partial charge in [-0.1, -0.05) is 0 Å². The molecule has 2 rings (SSSR count). The molecular formula is C16H24O4Si. The van der Waals surface area contributed by atoms with Crippen LogP contribution in [-0.4, -0.2) is 27.2 Å². The Kier molecular flexibility index (Phi) is 4.15. The van der Waals surface area contributed by atoms with E-state index in [4.69, 9.17) is 9.16 Å². The number of fused-ring (bicyclic) bond motifs is 1. The maximum atomic E-state index is 12.3. The molecule has 4 nitrogen and oxygen atoms in total. The maximum Gasteiger partial charge on any atom is 0.334 e. The Hall–Kier alpha value is -1.36. The summed E-state index contributed by atoms with van der Waals surface area (Å²) in [5.41, 5.74) is 1.01. The number of Topliss-reactive ketones (excluding diaryl/α,β-unsaturated/α-hetero) is 1. The minimum absolute atomic E-state index is 0.212. The smallest absolute Gasteiger partial charge is 0.334 e. The van der Waals surface area contributed by atoms with Crippen molar-refractivity contribution in [2.24, 2.45) is 5.41 Å². The van der Waals surface area contributed by atoms with Crippen molar-refractivity contribution < 1.29 is 18.8 Å². The molecule has 0 amide bonds. The minimum atomic E-state index is -1.75. The van der Waals surface area contributed by atoms with E-state index in [2.05, 4.69) is 19.6 Å². The lowest BCUT2D eigenvalue weighted by atomic mass is 9.79. The first-order chi connectivity index (χ1) is 9.67. The molecule has 0 spiro atoms. The number of allylic oxidation sites excluding steroid dienone is 3. The fraction of sp³-hybridized carbons (Fsp3) is 0.625. The molecule has 0 heterocycles. The number of carbonyl (C=O) groups is 2. The fourth-order valence-electron chi connectivity index (χ4n) is 3.14. The van der Waals surface area contributed by atoms with Crippen molar-refractivity contribution in [3.05, 3.63) is 23.0 Å². The second-order valence-corrected chi connectivity index (χ2v) is 11.4. The Labute approximate surface area is 127 Å². The third kappa shape index (κ3) is 3.12. The van der Waals surface area contributed by atoms with Crippen molar-refractivity contribution in [3.63, 3.8) is 0 Å². The lowest BCUT2D eigenvalue weighted by Crippen LogP contribution is -2.25. The summed E-state index contributed by atoms with van der Waals surface area (Å²) in [4.78, 5) is 24.4. The van der Waals surface area contributed by atoms with E-state index in [1.165, 1.54) is 7.11 Å². The number of methoxy groups -OCH3 is 1. The summed E-state index contributed by atoms with van der Waals surface area (Å²) >= 11 is 0. The van der Waals surface area contributed by atoms with Crippen molar-refractivity contribution in [3.8, 4) is 0 Å². The zero-order valence-electron chi connectivity index (χ0n) is 13.5. The maximum absolute atomic E-state index is 12.3. The Morgan fingerprint density at radius 2 is 1.95 bits per heavy atom. The van der Waals surface area contributed by atoms with Crippen LogP contribution in [0.1, 0.15) is 32.6 Å². The summed E-state index contributed by atoms with van der Waals surface area (Å²) in [7, 11) is -0.360. The molecule has 0 unspecified atom stereocenters. The molecule has 116 valence electrons. The largest absolute Gasteiger partial charge is 0.547 e. The molecule has 0 radical (unpaired) electrons. The van der Waals surface area contributed by atoms with Gasteiger partial charge in [0.1, 0.15) is 5.78 Å². The SMILES string of the molecule is COC(=O)C1=C2CCC(=O)[C@@]2(C)CC=C(O[Si](C)(C)C)C1. The van der Waals surface area contributed by atoms with E-state index < -0.39 is 13.7 Å². The van der Waals surface area contributed by atoms with Gasteiger partial charge < -0.3 is 9.16 Å². The number of hydrogen-bond donors (Lipinski definition) is 0. The van der Waals surface area contributed by atoms with Gasteiger partial charge in [0.15, 0.2) is 0 Å². The number of carbonyl (C=O) groups excluding carboxylic acids is 2. The van der Waals surface area contributed by atoms with Crippen LogP contribution in [0.25, 0.3) is 0 Å². The van der Waals surface area contributed by atoms with Crippen molar-refractivity contribution in [2.45, 2.75) is 52.2 Å². The highest BCUT2D eigenvalue weighted by atomic mass is 28.4. The number of rotatable bonds is 3. The predicted molar refractivity (Wildman–Crippen MR) is 83.1 cm³/mol. The summed E-state index contributed by atoms with van der Waals surface area (Å²) in [6, 6.07) is 0. The standard InChI is InChI=1S/C16H24O4Si/c1-16-9-8-11(20-21(3,4)5)10-12(15(18)19-2)13(16)6-7-14(16)17/h8H,6-7,9-10H2,1-5H3/t16-/m0/s1. The fourth-order valence-corrected chi connectivity index (χ4v) is 4.08. The average Bonchev–Trinajstić information content (AvgIpc) is 2.59. The molecule has 0 bridgehead atoms. The zero-order valence-corrected chi connectivity index (χ0v) is 14.5. The Bertz CT molecular complexity index is 539. The van der Waals surface area contributed by atoms with Crippen molar-refractivity contribution in [2.75, 3.05) is 7.11 Å². The van der Waals surface area contributed by atoms with E-state index >= 15 is 0 Å². The number of esters is 1.